The molecule has 1 unspecified atom stereocenters. The molecule has 0 radical (unpaired) electrons. The molecule has 5 rings (SSSR count). The summed E-state index contributed by atoms with van der Waals surface area (Å²) in [4.78, 5) is 28.5. The maximum Gasteiger partial charge on any atom is 0.222 e. The number of nitrogens with zero attached hydrogens (tertiary/aromatic N) is 5. The van der Waals surface area contributed by atoms with Gasteiger partial charge in [-0.05, 0) is 12.5 Å². The molecular formula is C25H32F2N6O2. The van der Waals surface area contributed by atoms with E-state index < -0.39 is 11.6 Å². The summed E-state index contributed by atoms with van der Waals surface area (Å²) in [5.74, 6) is 0.640. The van der Waals surface area contributed by atoms with E-state index in [1.165, 1.54) is 12.1 Å². The van der Waals surface area contributed by atoms with Crippen LogP contribution < -0.4 is 10.2 Å². The Morgan fingerprint density at radius 3 is 2.69 bits per heavy atom. The van der Waals surface area contributed by atoms with Gasteiger partial charge in [0, 0.05) is 70.3 Å². The quantitative estimate of drug-likeness (QED) is 0.673. The molecule has 8 nitrogen and oxygen atoms in total. The fourth-order valence-electron chi connectivity index (χ4n) is 4.93. The smallest absolute Gasteiger partial charge is 0.222 e. The van der Waals surface area contributed by atoms with Gasteiger partial charge < -0.3 is 19.9 Å². The van der Waals surface area contributed by atoms with E-state index in [0.29, 0.717) is 44.6 Å². The Balaban J connectivity index is 1.32. The van der Waals surface area contributed by atoms with Gasteiger partial charge in [0.05, 0.1) is 30.6 Å². The summed E-state index contributed by atoms with van der Waals surface area (Å²) in [6.07, 6.45) is 2.09. The number of anilines is 2. The van der Waals surface area contributed by atoms with E-state index in [-0.39, 0.29) is 11.9 Å². The third-order valence-electron chi connectivity index (χ3n) is 7.00. The van der Waals surface area contributed by atoms with Gasteiger partial charge in [0.25, 0.3) is 0 Å². The molecule has 10 heteroatoms. The highest BCUT2D eigenvalue weighted by molar-refractivity contribution is 5.76. The summed E-state index contributed by atoms with van der Waals surface area (Å²) in [5.41, 5.74) is 2.31. The summed E-state index contributed by atoms with van der Waals surface area (Å²) in [5, 5.41) is 3.54. The summed E-state index contributed by atoms with van der Waals surface area (Å²) in [7, 11) is 0. The SMILES string of the molecule is CCC(=O)N1CCc2nc(N3CCN(Cc4ccc(F)cc4F)CC3)c(NC3CCOC3)nc2C1. The van der Waals surface area contributed by atoms with E-state index in [1.807, 2.05) is 11.8 Å². The first-order valence-corrected chi connectivity index (χ1v) is 12.4. The number of hydrogen-bond donors (Lipinski definition) is 1. The number of amides is 1. The Morgan fingerprint density at radius 1 is 1.14 bits per heavy atom. The molecule has 1 amide bonds. The van der Waals surface area contributed by atoms with Gasteiger partial charge in [-0.2, -0.15) is 0 Å². The van der Waals surface area contributed by atoms with E-state index in [2.05, 4.69) is 15.1 Å². The van der Waals surface area contributed by atoms with Crippen molar-refractivity contribution >= 4 is 17.5 Å². The lowest BCUT2D eigenvalue weighted by Gasteiger charge is -2.37. The number of fused-ring (bicyclic) bond motifs is 1. The highest BCUT2D eigenvalue weighted by atomic mass is 19.1. The summed E-state index contributed by atoms with van der Waals surface area (Å²) >= 11 is 0. The van der Waals surface area contributed by atoms with Crippen LogP contribution in [0.2, 0.25) is 0 Å². The number of ether oxygens (including phenoxy) is 1. The van der Waals surface area contributed by atoms with Crippen LogP contribution in [0.3, 0.4) is 0 Å². The van der Waals surface area contributed by atoms with Crippen molar-refractivity contribution in [2.75, 3.05) is 56.2 Å². The molecule has 35 heavy (non-hydrogen) atoms. The second-order valence-electron chi connectivity index (χ2n) is 9.41. The number of nitrogens with one attached hydrogen (secondary N) is 1. The molecule has 3 aliphatic heterocycles. The number of rotatable bonds is 6. The molecular weight excluding hydrogens is 454 g/mol. The van der Waals surface area contributed by atoms with Crippen molar-refractivity contribution in [3.63, 3.8) is 0 Å². The molecule has 188 valence electrons. The van der Waals surface area contributed by atoms with E-state index in [9.17, 15) is 13.6 Å². The van der Waals surface area contributed by atoms with E-state index in [0.717, 1.165) is 68.3 Å². The first kappa shape index (κ1) is 23.9. The van der Waals surface area contributed by atoms with E-state index >= 15 is 0 Å². The maximum absolute atomic E-state index is 14.1. The number of carbonyl (C=O) groups is 1. The molecule has 3 aliphatic rings. The molecule has 0 aliphatic carbocycles. The molecule has 2 aromatic rings. The summed E-state index contributed by atoms with van der Waals surface area (Å²) in [6, 6.07) is 3.94. The number of piperazine rings is 1. The largest absolute Gasteiger partial charge is 0.379 e. The average molecular weight is 487 g/mol. The van der Waals surface area contributed by atoms with Gasteiger partial charge >= 0.3 is 0 Å². The fourth-order valence-corrected chi connectivity index (χ4v) is 4.93. The van der Waals surface area contributed by atoms with Crippen molar-refractivity contribution in [1.29, 1.82) is 0 Å². The zero-order valence-electron chi connectivity index (χ0n) is 20.1. The molecule has 0 spiro atoms. The van der Waals surface area contributed by atoms with Crippen molar-refractivity contribution in [3.8, 4) is 0 Å². The normalized spacial score (nSPS) is 20.7. The van der Waals surface area contributed by atoms with Gasteiger partial charge in [0.1, 0.15) is 11.6 Å². The zero-order chi connectivity index (χ0) is 24.4. The minimum atomic E-state index is -0.558. The van der Waals surface area contributed by atoms with Crippen LogP contribution in [0.15, 0.2) is 18.2 Å². The third-order valence-corrected chi connectivity index (χ3v) is 7.00. The number of aromatic nitrogens is 2. The third kappa shape index (κ3) is 5.38. The predicted octanol–water partition coefficient (Wildman–Crippen LogP) is 2.57. The fraction of sp³-hybridized carbons (Fsp3) is 0.560. The molecule has 1 aromatic heterocycles. The molecule has 1 atom stereocenters. The van der Waals surface area contributed by atoms with Crippen LogP contribution in [0.4, 0.5) is 20.4 Å². The first-order valence-electron chi connectivity index (χ1n) is 12.4. The Morgan fingerprint density at radius 2 is 1.97 bits per heavy atom. The van der Waals surface area contributed by atoms with Gasteiger partial charge in [0.2, 0.25) is 5.91 Å². The number of halogens is 2. The molecule has 2 fully saturated rings. The standard InChI is InChI=1S/C25H32F2N6O2/c1-2-23(34)33-7-5-21-22(15-33)29-24(28-19-6-12-35-16-19)25(30-21)32-10-8-31(9-11-32)14-17-3-4-18(26)13-20(17)27/h3-4,13,19H,2,5-12,14-16H2,1H3,(H,28,29). The molecule has 4 heterocycles. The highest BCUT2D eigenvalue weighted by Crippen LogP contribution is 2.29. The number of carbonyl (C=O) groups excluding carboxylic acids is 1. The van der Waals surface area contributed by atoms with Crippen LogP contribution in [0.25, 0.3) is 0 Å². The maximum atomic E-state index is 14.1. The van der Waals surface area contributed by atoms with Gasteiger partial charge in [-0.3, -0.25) is 9.69 Å². The second-order valence-corrected chi connectivity index (χ2v) is 9.41. The van der Waals surface area contributed by atoms with Gasteiger partial charge in [0.15, 0.2) is 11.6 Å². The van der Waals surface area contributed by atoms with Crippen molar-refractivity contribution in [1.82, 2.24) is 19.8 Å². The first-order chi connectivity index (χ1) is 17.0. The van der Waals surface area contributed by atoms with Crippen LogP contribution in [0.1, 0.15) is 36.7 Å². The van der Waals surface area contributed by atoms with Crippen molar-refractivity contribution < 1.29 is 18.3 Å². The minimum absolute atomic E-state index is 0.133. The Kier molecular flexibility index (Phi) is 7.10. The van der Waals surface area contributed by atoms with E-state index in [1.54, 1.807) is 0 Å². The minimum Gasteiger partial charge on any atom is -0.379 e. The van der Waals surface area contributed by atoms with Crippen LogP contribution in [0.5, 0.6) is 0 Å². The second kappa shape index (κ2) is 10.4. The number of hydrogen-bond acceptors (Lipinski definition) is 7. The monoisotopic (exact) mass is 486 g/mol. The van der Waals surface area contributed by atoms with E-state index in [4.69, 9.17) is 14.7 Å². The summed E-state index contributed by atoms with van der Waals surface area (Å²) < 4.78 is 32.9. The average Bonchev–Trinajstić information content (AvgIpc) is 3.38. The van der Waals surface area contributed by atoms with Crippen LogP contribution >= 0.6 is 0 Å². The Labute approximate surface area is 204 Å². The number of benzene rings is 1. The van der Waals surface area contributed by atoms with Crippen molar-refractivity contribution in [3.05, 3.63) is 46.8 Å². The molecule has 2 saturated heterocycles. The lowest BCUT2D eigenvalue weighted by Crippen LogP contribution is -2.47. The van der Waals surface area contributed by atoms with Crippen LogP contribution in [-0.4, -0.2) is 77.7 Å². The van der Waals surface area contributed by atoms with Crippen LogP contribution in [0, 0.1) is 11.6 Å². The molecule has 0 bridgehead atoms. The predicted molar refractivity (Wildman–Crippen MR) is 128 cm³/mol. The molecule has 0 saturated carbocycles. The van der Waals surface area contributed by atoms with Gasteiger partial charge in [-0.25, -0.2) is 18.7 Å². The van der Waals surface area contributed by atoms with Crippen molar-refractivity contribution in [2.45, 2.75) is 45.3 Å². The molecule has 1 N–H and O–H groups in total. The topological polar surface area (TPSA) is 73.8 Å². The van der Waals surface area contributed by atoms with Gasteiger partial charge in [-0.15, -0.1) is 0 Å². The zero-order valence-corrected chi connectivity index (χ0v) is 20.1. The lowest BCUT2D eigenvalue weighted by molar-refractivity contribution is -0.131. The molecule has 1 aromatic carbocycles. The Hall–Kier alpha value is -2.85. The Bertz CT molecular complexity index is 1070. The highest BCUT2D eigenvalue weighted by Gasteiger charge is 2.29. The van der Waals surface area contributed by atoms with Crippen molar-refractivity contribution in [2.24, 2.45) is 0 Å². The van der Waals surface area contributed by atoms with Crippen LogP contribution in [-0.2, 0) is 29.0 Å². The summed E-state index contributed by atoms with van der Waals surface area (Å²) in [6.45, 7) is 7.76. The van der Waals surface area contributed by atoms with Gasteiger partial charge in [-0.1, -0.05) is 13.0 Å². The lowest BCUT2D eigenvalue weighted by atomic mass is 10.1.